The normalized spacial score (nSPS) is 12.5. The van der Waals surface area contributed by atoms with Gasteiger partial charge in [-0.2, -0.15) is 0 Å². The van der Waals surface area contributed by atoms with E-state index < -0.39 is 11.2 Å². The summed E-state index contributed by atoms with van der Waals surface area (Å²) in [5.74, 6) is -0.612. The smallest absolute Gasteiger partial charge is 0.338 e. The lowest BCUT2D eigenvalue weighted by Crippen LogP contribution is -2.22. The number of rotatable bonds is 16. The van der Waals surface area contributed by atoms with Gasteiger partial charge in [-0.3, -0.25) is 0 Å². The van der Waals surface area contributed by atoms with Crippen molar-refractivity contribution in [1.29, 1.82) is 0 Å². The molecule has 0 bridgehead atoms. The zero-order valence-electron chi connectivity index (χ0n) is 42.4. The fraction of sp³-hybridized carbons (Fsp3) is 0.265. The lowest BCUT2D eigenvalue weighted by molar-refractivity contribution is 0.0517. The second kappa shape index (κ2) is 31.8. The van der Waals surface area contributed by atoms with Crippen molar-refractivity contribution in [2.75, 3.05) is 34.5 Å². The standard InChI is InChI=1S/C23H23NO2.C23H23NO.C9H11NO2.C9H11NO.4CH4/c1-2-26-23(25)21-14-9-15-22(16-21)24(17-19-10-5-3-6-11-19)18-20-12-7-4-8-13-20;25-23(14-15-23)21-12-7-13-22(16-21)24(17-19-8-3-1-4-9-19)18-20-10-5-2-6-11-20;1-2-12-9(11)7-4-3-5-8(10)6-7;10-8-3-1-2-7(6-8)9(11)4-5-9;;;;/h3-16H,2,17-18H2,1H3;1-13,16,25H,14-15,17-18H2;3-6H,2,10H2,1H3;1-3,6,11H,4-5,10H2;4*1H4. The Balaban J connectivity index is 0.000000286. The van der Waals surface area contributed by atoms with E-state index in [9.17, 15) is 19.8 Å². The molecule has 0 amide bonds. The van der Waals surface area contributed by atoms with Gasteiger partial charge < -0.3 is 41.0 Å². The maximum atomic E-state index is 12.1. The highest BCUT2D eigenvalue weighted by Gasteiger charge is 2.42. The molecule has 2 fully saturated rings. The Morgan fingerprint density at radius 2 is 0.718 bits per heavy atom. The van der Waals surface area contributed by atoms with Crippen molar-refractivity contribution in [3.05, 3.63) is 263 Å². The second-order valence-electron chi connectivity index (χ2n) is 18.5. The number of esters is 2. The van der Waals surface area contributed by atoms with Crippen LogP contribution in [0.4, 0.5) is 22.7 Å². The third-order valence-corrected chi connectivity index (χ3v) is 12.6. The topological polar surface area (TPSA) is 152 Å². The van der Waals surface area contributed by atoms with Crippen LogP contribution in [-0.2, 0) is 46.9 Å². The maximum Gasteiger partial charge on any atom is 0.338 e. The Hall–Kier alpha value is -8.18. The zero-order chi connectivity index (χ0) is 52.2. The van der Waals surface area contributed by atoms with Gasteiger partial charge in [-0.05, 0) is 134 Å². The highest BCUT2D eigenvalue weighted by Crippen LogP contribution is 2.46. The number of benzene rings is 8. The summed E-state index contributed by atoms with van der Waals surface area (Å²) in [6.45, 7) is 7.57. The fourth-order valence-corrected chi connectivity index (χ4v) is 8.25. The number of carbonyl (C=O) groups excluding carboxylic acids is 2. The maximum absolute atomic E-state index is 12.1. The fourth-order valence-electron chi connectivity index (χ4n) is 8.25. The summed E-state index contributed by atoms with van der Waals surface area (Å²) in [6.07, 6.45) is 3.48. The Morgan fingerprint density at radius 1 is 0.410 bits per heavy atom. The van der Waals surface area contributed by atoms with Gasteiger partial charge in [0.1, 0.15) is 0 Å². The molecule has 2 aliphatic rings. The molecule has 0 radical (unpaired) electrons. The molecule has 8 aromatic carbocycles. The quantitative estimate of drug-likeness (QED) is 0.0544. The van der Waals surface area contributed by atoms with Crippen LogP contribution in [0, 0.1) is 0 Å². The van der Waals surface area contributed by atoms with Gasteiger partial charge in [0.25, 0.3) is 0 Å². The summed E-state index contributed by atoms with van der Waals surface area (Å²) in [6, 6.07) is 72.0. The molecule has 2 saturated carbocycles. The minimum Gasteiger partial charge on any atom is -0.462 e. The van der Waals surface area contributed by atoms with Gasteiger partial charge in [-0.1, -0.05) is 187 Å². The summed E-state index contributed by atoms with van der Waals surface area (Å²) in [7, 11) is 0. The SMILES string of the molecule is C.C.C.C.CCOC(=O)c1cccc(N(Cc2ccccc2)Cc2ccccc2)c1.CCOC(=O)c1cccc(N)c1.Nc1cccc(C2(O)CC2)c1.OC1(c2cccc(N(Cc3ccccc3)Cc3ccccc3)c2)CC1. The second-order valence-corrected chi connectivity index (χ2v) is 18.5. The van der Waals surface area contributed by atoms with Crippen molar-refractivity contribution in [2.24, 2.45) is 0 Å². The van der Waals surface area contributed by atoms with Crippen LogP contribution >= 0.6 is 0 Å². The molecule has 0 spiro atoms. The highest BCUT2D eigenvalue weighted by molar-refractivity contribution is 5.91. The molecule has 0 aromatic heterocycles. The van der Waals surface area contributed by atoms with Crippen LogP contribution in [-0.4, -0.2) is 35.4 Å². The molecule has 2 aliphatic carbocycles. The number of ether oxygens (including phenoxy) is 2. The Bertz CT molecular complexity index is 2900. The van der Waals surface area contributed by atoms with Crippen molar-refractivity contribution in [1.82, 2.24) is 0 Å². The van der Waals surface area contributed by atoms with Crippen molar-refractivity contribution < 1.29 is 29.3 Å². The first-order valence-corrected chi connectivity index (χ1v) is 25.3. The first-order valence-electron chi connectivity index (χ1n) is 25.3. The Morgan fingerprint density at radius 3 is 1.06 bits per heavy atom. The monoisotopic (exact) mass is 1050 g/mol. The molecule has 10 heteroatoms. The van der Waals surface area contributed by atoms with Gasteiger partial charge in [0.15, 0.2) is 0 Å². The first kappa shape index (κ1) is 64.1. The first-order chi connectivity index (χ1) is 35.9. The van der Waals surface area contributed by atoms with Crippen molar-refractivity contribution >= 4 is 34.7 Å². The molecule has 412 valence electrons. The van der Waals surface area contributed by atoms with Gasteiger partial charge in [-0.15, -0.1) is 0 Å². The van der Waals surface area contributed by atoms with Gasteiger partial charge in [0.05, 0.1) is 35.5 Å². The summed E-state index contributed by atoms with van der Waals surface area (Å²) in [4.78, 5) is 27.9. The van der Waals surface area contributed by atoms with Crippen molar-refractivity contribution in [3.8, 4) is 0 Å². The van der Waals surface area contributed by atoms with Crippen LogP contribution < -0.4 is 21.3 Å². The summed E-state index contributed by atoms with van der Waals surface area (Å²) >= 11 is 0. The van der Waals surface area contributed by atoms with E-state index in [4.69, 9.17) is 20.9 Å². The van der Waals surface area contributed by atoms with Gasteiger partial charge in [0.2, 0.25) is 0 Å². The molecule has 0 atom stereocenters. The molecule has 0 saturated heterocycles. The van der Waals surface area contributed by atoms with Gasteiger partial charge >= 0.3 is 11.9 Å². The molecule has 10 rings (SSSR count). The lowest BCUT2D eigenvalue weighted by Gasteiger charge is -2.26. The number of nitrogens with zero attached hydrogens (tertiary/aromatic N) is 2. The molecular weight excluding hydrogens is 969 g/mol. The van der Waals surface area contributed by atoms with E-state index >= 15 is 0 Å². The average Bonchev–Trinajstić information content (AvgIpc) is 4.39. The average molecular weight is 1050 g/mol. The van der Waals surface area contributed by atoms with Crippen LogP contribution in [0.2, 0.25) is 0 Å². The van der Waals surface area contributed by atoms with E-state index in [1.807, 2.05) is 104 Å². The van der Waals surface area contributed by atoms with E-state index in [1.54, 1.807) is 37.3 Å². The number of nitrogen functional groups attached to an aromatic ring is 2. The molecular formula is C68H84N4O6. The van der Waals surface area contributed by atoms with Gasteiger partial charge in [0, 0.05) is 48.9 Å². The largest absolute Gasteiger partial charge is 0.462 e. The number of anilines is 4. The predicted octanol–water partition coefficient (Wildman–Crippen LogP) is 15.2. The molecule has 0 heterocycles. The minimum atomic E-state index is -0.596. The predicted molar refractivity (Wildman–Crippen MR) is 325 cm³/mol. The van der Waals surface area contributed by atoms with Crippen LogP contribution in [0.15, 0.2) is 218 Å². The van der Waals surface area contributed by atoms with Crippen LogP contribution in [0.25, 0.3) is 0 Å². The van der Waals surface area contributed by atoms with Crippen molar-refractivity contribution in [2.45, 2.75) is 107 Å². The highest BCUT2D eigenvalue weighted by atomic mass is 16.5. The van der Waals surface area contributed by atoms with Crippen LogP contribution in [0.3, 0.4) is 0 Å². The van der Waals surface area contributed by atoms with E-state index in [0.29, 0.717) is 30.0 Å². The third-order valence-electron chi connectivity index (χ3n) is 12.6. The summed E-state index contributed by atoms with van der Waals surface area (Å²) in [5, 5.41) is 20.1. The Kier molecular flexibility index (Phi) is 26.1. The summed E-state index contributed by atoms with van der Waals surface area (Å²) in [5.41, 5.74) is 21.5. The molecule has 0 unspecified atom stereocenters. The lowest BCUT2D eigenvalue weighted by atomic mass is 10.1. The number of hydrogen-bond donors (Lipinski definition) is 4. The van der Waals surface area contributed by atoms with E-state index in [0.717, 1.165) is 80.1 Å². The molecule has 6 N–H and O–H groups in total. The number of aliphatic hydroxyl groups is 2. The summed E-state index contributed by atoms with van der Waals surface area (Å²) < 4.78 is 9.93. The number of hydrogen-bond acceptors (Lipinski definition) is 10. The van der Waals surface area contributed by atoms with E-state index in [2.05, 4.69) is 101 Å². The Labute approximate surface area is 465 Å². The minimum absolute atomic E-state index is 0. The van der Waals surface area contributed by atoms with Crippen LogP contribution in [0.5, 0.6) is 0 Å². The van der Waals surface area contributed by atoms with Gasteiger partial charge in [-0.25, -0.2) is 9.59 Å². The number of nitrogens with two attached hydrogens (primary N) is 2. The van der Waals surface area contributed by atoms with Crippen molar-refractivity contribution in [3.63, 3.8) is 0 Å². The molecule has 8 aromatic rings. The van der Waals surface area contributed by atoms with E-state index in [-0.39, 0.29) is 41.6 Å². The molecule has 0 aliphatic heterocycles. The number of carbonyl (C=O) groups is 2. The third kappa shape index (κ3) is 19.8. The zero-order valence-corrected chi connectivity index (χ0v) is 42.4. The van der Waals surface area contributed by atoms with E-state index in [1.165, 1.54) is 22.3 Å². The van der Waals surface area contributed by atoms with Crippen LogP contribution in [0.1, 0.15) is 123 Å². The molecule has 10 nitrogen and oxygen atoms in total. The molecule has 78 heavy (non-hydrogen) atoms.